The average molecular weight is 117 g/mol. The molecule has 1 N–H and O–H groups in total. The van der Waals surface area contributed by atoms with Crippen molar-refractivity contribution in [2.24, 2.45) is 0 Å². The van der Waals surface area contributed by atoms with Crippen LogP contribution in [0.1, 0.15) is 0 Å². The van der Waals surface area contributed by atoms with Gasteiger partial charge in [0.2, 0.25) is 0 Å². The van der Waals surface area contributed by atoms with Crippen molar-refractivity contribution in [2.45, 2.75) is 0 Å². The van der Waals surface area contributed by atoms with Gasteiger partial charge in [0.1, 0.15) is 0 Å². The Morgan fingerprint density at radius 1 is 1.67 bits per heavy atom. The van der Waals surface area contributed by atoms with Crippen LogP contribution in [0.15, 0.2) is 0 Å². The van der Waals surface area contributed by atoms with Crippen LogP contribution in [0.4, 0.5) is 0 Å². The molecule has 0 aliphatic rings. The minimum atomic E-state index is -1.08. The van der Waals surface area contributed by atoms with Gasteiger partial charge in [0.15, 0.2) is 0 Å². The molecule has 31 valence electrons. The zero-order valence-corrected chi connectivity index (χ0v) is 6.20. The number of carbonyl (C=O) groups is 1. The molecule has 0 aliphatic carbocycles. The third-order valence-corrected chi connectivity index (χ3v) is 0. The number of hydrogen-bond donors (Lipinski definition) is 1. The number of carboxylic acids is 1. The second kappa shape index (κ2) is 9.23. The van der Waals surface area contributed by atoms with Crippen LogP contribution in [0.25, 0.3) is 0 Å². The van der Waals surface area contributed by atoms with Crippen LogP contribution in [-0.4, -0.2) is 11.1 Å². The summed E-state index contributed by atoms with van der Waals surface area (Å²) in [5.41, 5.74) is 0. The molecule has 1 radical (unpaired) electrons. The predicted molar refractivity (Wildman–Crippen MR) is 13.0 cm³/mol. The van der Waals surface area contributed by atoms with Crippen LogP contribution < -0.4 is 42.0 Å². The van der Waals surface area contributed by atoms with Gasteiger partial charge in [-0.25, -0.2) is 0 Å². The zero-order chi connectivity index (χ0) is 3.58. The van der Waals surface area contributed by atoms with E-state index in [0.717, 1.165) is 0 Å². The van der Waals surface area contributed by atoms with Crippen molar-refractivity contribution < 1.29 is 51.9 Å². The topological polar surface area (TPSA) is 37.3 Å². The Morgan fingerprint density at radius 2 is 1.67 bits per heavy atom. The Labute approximate surface area is 64.6 Å². The summed E-state index contributed by atoms with van der Waals surface area (Å²) in [6, 6.07) is 0. The van der Waals surface area contributed by atoms with E-state index in [1.807, 2.05) is 0 Å². The van der Waals surface area contributed by atoms with Crippen LogP contribution in [-0.2, 0) is 4.79 Å². The summed E-state index contributed by atoms with van der Waals surface area (Å²) in [6.07, 6.45) is 0. The van der Waals surface area contributed by atoms with Crippen molar-refractivity contribution in [3.8, 4) is 0 Å². The van der Waals surface area contributed by atoms with E-state index < -0.39 is 5.97 Å². The molecule has 0 saturated heterocycles. The summed E-state index contributed by atoms with van der Waals surface area (Å²) in [7, 11) is 0. The normalized spacial score (nSPS) is 4.17. The number of halogens is 1. The van der Waals surface area contributed by atoms with Gasteiger partial charge in [0.05, 0.1) is 6.92 Å². The molecule has 0 heterocycles. The van der Waals surface area contributed by atoms with Crippen LogP contribution in [0.3, 0.4) is 0 Å². The third-order valence-electron chi connectivity index (χ3n) is 0. The van der Waals surface area contributed by atoms with E-state index in [9.17, 15) is 0 Å². The number of hydrogen-bond acceptors (Lipinski definition) is 1. The van der Waals surface area contributed by atoms with Crippen molar-refractivity contribution in [2.75, 3.05) is 0 Å². The first-order chi connectivity index (χ1) is 1.73. The quantitative estimate of drug-likeness (QED) is 0.321. The molecule has 4 heteroatoms. The molecule has 2 nitrogen and oxygen atoms in total. The average Bonchev–Trinajstić information content (AvgIpc) is 0.811. The van der Waals surface area contributed by atoms with Gasteiger partial charge in [0, 0.05) is 0 Å². The van der Waals surface area contributed by atoms with Gasteiger partial charge in [-0.3, -0.25) is 4.79 Å². The fraction of sp³-hybridized carbons (Fsp3) is 0. The summed E-state index contributed by atoms with van der Waals surface area (Å²) in [4.78, 5) is 8.89. The Morgan fingerprint density at radius 3 is 1.67 bits per heavy atom. The molecule has 0 atom stereocenters. The van der Waals surface area contributed by atoms with Crippen LogP contribution >= 0.6 is 0 Å². The molecule has 0 aliphatic heterocycles. The molecule has 0 fully saturated rings. The fourth-order valence-corrected chi connectivity index (χ4v) is 0. The minimum Gasteiger partial charge on any atom is -1.00 e. The SMILES string of the molecule is [CH2]C(=O)O.[Cl-].[Na+]. The first kappa shape index (κ1) is 15.9. The van der Waals surface area contributed by atoms with Gasteiger partial charge in [-0.1, -0.05) is 0 Å². The molecule has 0 saturated carbocycles. The summed E-state index contributed by atoms with van der Waals surface area (Å²) >= 11 is 0. The zero-order valence-electron chi connectivity index (χ0n) is 3.44. The maximum atomic E-state index is 8.89. The molecule has 0 aromatic heterocycles. The van der Waals surface area contributed by atoms with Crippen molar-refractivity contribution in [3.05, 3.63) is 6.92 Å². The Hall–Kier alpha value is 0.760. The van der Waals surface area contributed by atoms with Crippen LogP contribution in [0.5, 0.6) is 0 Å². The van der Waals surface area contributed by atoms with E-state index in [1.165, 1.54) is 0 Å². The Kier molecular flexibility index (Phi) is 24.4. The largest absolute Gasteiger partial charge is 1.00 e. The van der Waals surface area contributed by atoms with E-state index >= 15 is 0 Å². The van der Waals surface area contributed by atoms with Gasteiger partial charge in [-0.05, 0) is 0 Å². The van der Waals surface area contributed by atoms with Gasteiger partial charge in [-0.2, -0.15) is 0 Å². The maximum absolute atomic E-state index is 8.89. The van der Waals surface area contributed by atoms with Gasteiger partial charge >= 0.3 is 35.5 Å². The Bertz CT molecular complexity index is 34.5. The van der Waals surface area contributed by atoms with E-state index in [-0.39, 0.29) is 42.0 Å². The van der Waals surface area contributed by atoms with Crippen molar-refractivity contribution in [1.82, 2.24) is 0 Å². The number of rotatable bonds is 0. The second-order valence-corrected chi connectivity index (χ2v) is 0.394. The van der Waals surface area contributed by atoms with E-state index in [1.54, 1.807) is 0 Å². The number of aliphatic carboxylic acids is 1. The smallest absolute Gasteiger partial charge is 1.00 e. The van der Waals surface area contributed by atoms with Gasteiger partial charge < -0.3 is 17.5 Å². The summed E-state index contributed by atoms with van der Waals surface area (Å²) < 4.78 is 0. The molecule has 0 bridgehead atoms. The fourth-order valence-electron chi connectivity index (χ4n) is 0. The maximum Gasteiger partial charge on any atom is 1.00 e. The van der Waals surface area contributed by atoms with Gasteiger partial charge in [0.25, 0.3) is 0 Å². The van der Waals surface area contributed by atoms with Crippen molar-refractivity contribution in [1.29, 1.82) is 0 Å². The minimum absolute atomic E-state index is 0. The monoisotopic (exact) mass is 117 g/mol. The molecule has 0 rings (SSSR count). The van der Waals surface area contributed by atoms with E-state index in [2.05, 4.69) is 6.92 Å². The summed E-state index contributed by atoms with van der Waals surface area (Å²) in [5, 5.41) is 7.31. The van der Waals surface area contributed by atoms with Gasteiger partial charge in [-0.15, -0.1) is 0 Å². The molecule has 0 aromatic rings. The predicted octanol–water partition coefficient (Wildman–Crippen LogP) is -6.09. The summed E-state index contributed by atoms with van der Waals surface area (Å²) in [5.74, 6) is -1.08. The van der Waals surface area contributed by atoms with Crippen LogP contribution in [0.2, 0.25) is 0 Å². The first-order valence-electron chi connectivity index (χ1n) is 0.781. The number of carboxylic acid groups (broad SMARTS) is 1. The molecular formula is C2H3ClNaO2. The molecule has 0 spiro atoms. The standard InChI is InChI=1S/C2H3O2.ClH.Na/c1-2(3)4;;/h1H2,(H,3,4);1H;/q;;+1/p-1. The molecule has 0 unspecified atom stereocenters. The van der Waals surface area contributed by atoms with Crippen molar-refractivity contribution in [3.63, 3.8) is 0 Å². The Balaban J connectivity index is -0.0000000450. The van der Waals surface area contributed by atoms with E-state index in [0.29, 0.717) is 0 Å². The van der Waals surface area contributed by atoms with E-state index in [4.69, 9.17) is 9.90 Å². The van der Waals surface area contributed by atoms with Crippen LogP contribution in [0, 0.1) is 6.92 Å². The molecular weight excluding hydrogens is 114 g/mol. The van der Waals surface area contributed by atoms with Crippen molar-refractivity contribution >= 4 is 5.97 Å². The third kappa shape index (κ3) is 117. The molecule has 6 heavy (non-hydrogen) atoms. The summed E-state index contributed by atoms with van der Waals surface area (Å²) in [6.45, 7) is 2.56. The molecule has 0 amide bonds. The molecule has 0 aromatic carbocycles. The first-order valence-corrected chi connectivity index (χ1v) is 0.781. The second-order valence-electron chi connectivity index (χ2n) is 0.394.